The van der Waals surface area contributed by atoms with Gasteiger partial charge in [-0.3, -0.25) is 14.9 Å². The van der Waals surface area contributed by atoms with Crippen LogP contribution in [-0.2, 0) is 12.6 Å². The molecular formula is C15H10N4O3S2. The average Bonchev–Trinajstić information content (AvgIpc) is 2.90. The highest BCUT2D eigenvalue weighted by molar-refractivity contribution is 7.64. The summed E-state index contributed by atoms with van der Waals surface area (Å²) < 4.78 is 1.70. The van der Waals surface area contributed by atoms with Gasteiger partial charge in [0.05, 0.1) is 4.92 Å². The van der Waals surface area contributed by atoms with Crippen molar-refractivity contribution in [2.24, 2.45) is 0 Å². The molecule has 120 valence electrons. The second kappa shape index (κ2) is 7.45. The lowest BCUT2D eigenvalue weighted by molar-refractivity contribution is -0.509. The van der Waals surface area contributed by atoms with Crippen LogP contribution >= 0.6 is 11.3 Å². The van der Waals surface area contributed by atoms with Crippen molar-refractivity contribution in [1.29, 1.82) is 5.26 Å². The van der Waals surface area contributed by atoms with Crippen molar-refractivity contribution < 1.29 is 14.1 Å². The van der Waals surface area contributed by atoms with Crippen molar-refractivity contribution in [2.45, 2.75) is 0 Å². The van der Waals surface area contributed by atoms with Gasteiger partial charge in [-0.1, -0.05) is 17.5 Å². The number of thiocyanates is 1. The molecule has 0 saturated heterocycles. The molecule has 2 N–H and O–H groups in total. The normalized spacial score (nSPS) is 9.62. The van der Waals surface area contributed by atoms with Crippen molar-refractivity contribution in [3.05, 3.63) is 70.0 Å². The van der Waals surface area contributed by atoms with Crippen LogP contribution in [0.25, 0.3) is 4.83 Å². The standard InChI is InChI=1S/C14H9N3O3S.CHNS/c15-14-12(16-7-2-1-6-11(16)21-14)13(18)9-4-3-5-10(8-9)17(19)20;2-1-3/h1-8H,(H-,15,18);3H. The molecule has 3 aromatic rings. The molecule has 2 heterocycles. The summed E-state index contributed by atoms with van der Waals surface area (Å²) in [6.07, 6.45) is 1.74. The number of thiazole rings is 1. The number of nitro benzene ring substituents is 1. The first kappa shape index (κ1) is 17.3. The molecular weight excluding hydrogens is 348 g/mol. The van der Waals surface area contributed by atoms with Gasteiger partial charge in [0, 0.05) is 29.8 Å². The number of ketones is 1. The van der Waals surface area contributed by atoms with E-state index in [9.17, 15) is 14.9 Å². The summed E-state index contributed by atoms with van der Waals surface area (Å²) in [7, 11) is 0. The molecule has 0 spiro atoms. The van der Waals surface area contributed by atoms with E-state index in [0.717, 1.165) is 4.83 Å². The number of anilines is 1. The maximum Gasteiger partial charge on any atom is 0.293 e. The van der Waals surface area contributed by atoms with E-state index in [1.54, 1.807) is 22.7 Å². The summed E-state index contributed by atoms with van der Waals surface area (Å²) in [5, 5.41) is 19.7. The van der Waals surface area contributed by atoms with Gasteiger partial charge in [0.1, 0.15) is 0 Å². The van der Waals surface area contributed by atoms with E-state index in [2.05, 4.69) is 12.6 Å². The monoisotopic (exact) mass is 358 g/mol. The number of hydrogen-bond acceptors (Lipinski definition) is 7. The van der Waals surface area contributed by atoms with Crippen LogP contribution in [0.15, 0.2) is 48.7 Å². The molecule has 0 aliphatic heterocycles. The fraction of sp³-hybridized carbons (Fsp3) is 0. The number of aromatic nitrogens is 1. The Kier molecular flexibility index (Phi) is 5.36. The number of hydrogen-bond donors (Lipinski definition) is 1. The molecule has 3 rings (SSSR count). The van der Waals surface area contributed by atoms with Gasteiger partial charge in [0.2, 0.25) is 0 Å². The number of nitriles is 1. The molecule has 9 heteroatoms. The third kappa shape index (κ3) is 3.45. The van der Waals surface area contributed by atoms with Crippen LogP contribution in [-0.4, -0.2) is 10.7 Å². The first-order valence-corrected chi connectivity index (χ1v) is 7.71. The zero-order valence-corrected chi connectivity index (χ0v) is 13.7. The van der Waals surface area contributed by atoms with Crippen molar-refractivity contribution in [2.75, 3.05) is 5.73 Å². The first-order valence-electron chi connectivity index (χ1n) is 6.48. The Hall–Kier alpha value is -3.09. The minimum atomic E-state index is -0.529. The van der Waals surface area contributed by atoms with Crippen LogP contribution in [0, 0.1) is 20.8 Å². The maximum atomic E-state index is 12.6. The summed E-state index contributed by atoms with van der Waals surface area (Å²) in [5.74, 6) is -0.335. The van der Waals surface area contributed by atoms with E-state index < -0.39 is 4.92 Å². The van der Waals surface area contributed by atoms with Gasteiger partial charge in [-0.25, -0.2) is 5.26 Å². The highest BCUT2D eigenvalue weighted by atomic mass is 32.1. The van der Waals surface area contributed by atoms with E-state index in [1.807, 2.05) is 12.1 Å². The number of pyridine rings is 1. The maximum absolute atomic E-state index is 12.6. The quantitative estimate of drug-likeness (QED) is 0.192. The molecule has 0 aliphatic carbocycles. The number of benzene rings is 1. The Morgan fingerprint density at radius 3 is 2.71 bits per heavy atom. The largest absolute Gasteiger partial charge is 0.696 e. The predicted octanol–water partition coefficient (Wildman–Crippen LogP) is 2.22. The Balaban J connectivity index is 0.000000647. The summed E-state index contributed by atoms with van der Waals surface area (Å²) in [6.45, 7) is 0. The Morgan fingerprint density at radius 1 is 1.33 bits per heavy atom. The lowest BCUT2D eigenvalue weighted by Gasteiger charge is -1.97. The highest BCUT2D eigenvalue weighted by Crippen LogP contribution is 2.24. The summed E-state index contributed by atoms with van der Waals surface area (Å²) in [5.41, 5.74) is 6.38. The van der Waals surface area contributed by atoms with Gasteiger partial charge >= 0.3 is 0 Å². The smallest absolute Gasteiger partial charge is 0.293 e. The van der Waals surface area contributed by atoms with Crippen LogP contribution in [0.4, 0.5) is 10.7 Å². The molecule has 24 heavy (non-hydrogen) atoms. The van der Waals surface area contributed by atoms with Crippen LogP contribution in [0.5, 0.6) is 0 Å². The van der Waals surface area contributed by atoms with Gasteiger partial charge in [0.25, 0.3) is 22.0 Å². The molecule has 1 aromatic carbocycles. The van der Waals surface area contributed by atoms with E-state index in [4.69, 9.17) is 11.0 Å². The number of non-ortho nitro benzene ring substituents is 1. The Bertz CT molecular complexity index is 963. The van der Waals surface area contributed by atoms with Crippen molar-refractivity contribution in [3.63, 3.8) is 0 Å². The van der Waals surface area contributed by atoms with Crippen molar-refractivity contribution >= 4 is 45.3 Å². The number of nitrogens with zero attached hydrogens (tertiary/aromatic N) is 3. The lowest BCUT2D eigenvalue weighted by atomic mass is 10.1. The second-order valence-electron chi connectivity index (χ2n) is 4.45. The van der Waals surface area contributed by atoms with Crippen LogP contribution in [0.3, 0.4) is 0 Å². The zero-order valence-electron chi connectivity index (χ0n) is 12.1. The topological polar surface area (TPSA) is 114 Å². The van der Waals surface area contributed by atoms with Crippen LogP contribution in [0.2, 0.25) is 0 Å². The zero-order chi connectivity index (χ0) is 17.7. The van der Waals surface area contributed by atoms with Crippen molar-refractivity contribution in [1.82, 2.24) is 0 Å². The van der Waals surface area contributed by atoms with Gasteiger partial charge in [-0.05, 0) is 17.4 Å². The number of nitrogen functional groups attached to an aromatic ring is 1. The Morgan fingerprint density at radius 2 is 2.04 bits per heavy atom. The fourth-order valence-electron chi connectivity index (χ4n) is 2.09. The number of nitrogens with two attached hydrogens (primary N) is 1. The van der Waals surface area contributed by atoms with E-state index >= 15 is 0 Å². The molecule has 0 bridgehead atoms. The molecule has 7 nitrogen and oxygen atoms in total. The average molecular weight is 358 g/mol. The molecule has 2 aromatic heterocycles. The van der Waals surface area contributed by atoms with Gasteiger partial charge in [0.15, 0.2) is 11.2 Å². The molecule has 0 fully saturated rings. The second-order valence-corrected chi connectivity index (χ2v) is 5.70. The highest BCUT2D eigenvalue weighted by Gasteiger charge is 2.27. The Labute approximate surface area is 146 Å². The summed E-state index contributed by atoms with van der Waals surface area (Å²) >= 11 is 5.00. The molecule has 0 atom stereocenters. The molecule has 0 unspecified atom stereocenters. The number of nitro groups is 1. The lowest BCUT2D eigenvalue weighted by Crippen LogP contribution is -2.28. The molecule has 0 aliphatic rings. The van der Waals surface area contributed by atoms with Gasteiger partial charge in [-0.15, -0.1) is 4.40 Å². The summed E-state index contributed by atoms with van der Waals surface area (Å²) in [4.78, 5) is 23.7. The predicted molar refractivity (Wildman–Crippen MR) is 91.4 cm³/mol. The number of carbonyl (C=O) groups excluding carboxylic acids is 1. The van der Waals surface area contributed by atoms with Gasteiger partial charge < -0.3 is 18.4 Å². The molecule has 0 radical (unpaired) electrons. The van der Waals surface area contributed by atoms with E-state index in [-0.39, 0.29) is 17.0 Å². The molecule has 0 saturated carbocycles. The minimum absolute atomic E-state index is 0.121. The SMILES string of the molecule is N#C[S-].Nc1sc2cccc[n+]2c1C(=O)c1cccc([N+](=O)[O-])c1. The van der Waals surface area contributed by atoms with E-state index in [1.165, 1.54) is 34.9 Å². The van der Waals surface area contributed by atoms with Crippen LogP contribution in [0.1, 0.15) is 16.1 Å². The van der Waals surface area contributed by atoms with Gasteiger partial charge in [-0.2, -0.15) is 0 Å². The molecule has 0 amide bonds. The minimum Gasteiger partial charge on any atom is -0.696 e. The summed E-state index contributed by atoms with van der Waals surface area (Å²) in [6, 6.07) is 11.1. The van der Waals surface area contributed by atoms with E-state index in [0.29, 0.717) is 10.7 Å². The number of carbonyl (C=O) groups is 1. The number of fused-ring (bicyclic) bond motifs is 1. The fourth-order valence-corrected chi connectivity index (χ4v) is 3.00. The third-order valence-corrected chi connectivity index (χ3v) is 4.00. The first-order chi connectivity index (χ1) is 11.5. The third-order valence-electron chi connectivity index (χ3n) is 3.05. The number of rotatable bonds is 3. The van der Waals surface area contributed by atoms with Crippen LogP contribution < -0.4 is 10.1 Å². The van der Waals surface area contributed by atoms with Crippen molar-refractivity contribution in [3.8, 4) is 5.40 Å².